The fourth-order valence-electron chi connectivity index (χ4n) is 1.90. The molecule has 0 bridgehead atoms. The second kappa shape index (κ2) is 7.31. The van der Waals surface area contributed by atoms with Gasteiger partial charge in [-0.05, 0) is 43.3 Å². The quantitative estimate of drug-likeness (QED) is 0.689. The number of halogens is 1. The van der Waals surface area contributed by atoms with Crippen LogP contribution >= 0.6 is 11.8 Å². The standard InChI is InChI=1S/C16H14FN3O3S/c1-10(14(21)18-9-13-3-2-8-22-13)24-16-20-19-15(23-16)11-4-6-12(17)7-5-11/h2-8,10H,9H2,1H3,(H,18,21)/t10-/m1/s1. The van der Waals surface area contributed by atoms with E-state index in [2.05, 4.69) is 15.5 Å². The minimum atomic E-state index is -0.415. The number of thioether (sulfide) groups is 1. The van der Waals surface area contributed by atoms with Crippen LogP contribution in [0.3, 0.4) is 0 Å². The Morgan fingerprint density at radius 2 is 2.08 bits per heavy atom. The molecule has 1 N–H and O–H groups in total. The Bertz CT molecular complexity index is 802. The maximum absolute atomic E-state index is 12.9. The fraction of sp³-hybridized carbons (Fsp3) is 0.188. The Kier molecular flexibility index (Phi) is 4.95. The number of aromatic nitrogens is 2. The predicted molar refractivity (Wildman–Crippen MR) is 85.6 cm³/mol. The van der Waals surface area contributed by atoms with E-state index in [-0.39, 0.29) is 22.8 Å². The lowest BCUT2D eigenvalue weighted by molar-refractivity contribution is -0.120. The van der Waals surface area contributed by atoms with Crippen molar-refractivity contribution in [1.29, 1.82) is 0 Å². The molecular weight excluding hydrogens is 333 g/mol. The highest BCUT2D eigenvalue weighted by molar-refractivity contribution is 8.00. The summed E-state index contributed by atoms with van der Waals surface area (Å²) in [6.45, 7) is 2.06. The molecule has 0 unspecified atom stereocenters. The Morgan fingerprint density at radius 3 is 2.79 bits per heavy atom. The van der Waals surface area contributed by atoms with Crippen molar-refractivity contribution >= 4 is 17.7 Å². The molecule has 0 aliphatic rings. The molecule has 1 aromatic carbocycles. The van der Waals surface area contributed by atoms with Crippen LogP contribution in [-0.2, 0) is 11.3 Å². The van der Waals surface area contributed by atoms with E-state index in [1.54, 1.807) is 37.5 Å². The SMILES string of the molecule is C[C@@H](Sc1nnc(-c2ccc(F)cc2)o1)C(=O)NCc1ccco1. The molecule has 0 fully saturated rings. The number of furan rings is 1. The van der Waals surface area contributed by atoms with Gasteiger partial charge in [0, 0.05) is 5.56 Å². The lowest BCUT2D eigenvalue weighted by atomic mass is 10.2. The van der Waals surface area contributed by atoms with Gasteiger partial charge in [-0.15, -0.1) is 10.2 Å². The molecular formula is C16H14FN3O3S. The summed E-state index contributed by atoms with van der Waals surface area (Å²) in [7, 11) is 0. The van der Waals surface area contributed by atoms with Crippen LogP contribution < -0.4 is 5.32 Å². The van der Waals surface area contributed by atoms with Gasteiger partial charge in [-0.3, -0.25) is 4.79 Å². The van der Waals surface area contributed by atoms with Crippen molar-refractivity contribution in [2.45, 2.75) is 23.9 Å². The number of benzene rings is 1. The zero-order valence-corrected chi connectivity index (χ0v) is 13.5. The molecule has 3 aromatic rings. The molecule has 2 heterocycles. The largest absolute Gasteiger partial charge is 0.467 e. The van der Waals surface area contributed by atoms with Gasteiger partial charge in [0.25, 0.3) is 5.22 Å². The highest BCUT2D eigenvalue weighted by Gasteiger charge is 2.18. The summed E-state index contributed by atoms with van der Waals surface area (Å²) in [5.41, 5.74) is 0.616. The zero-order valence-electron chi connectivity index (χ0n) is 12.7. The number of hydrogen-bond donors (Lipinski definition) is 1. The minimum absolute atomic E-state index is 0.169. The number of nitrogens with zero attached hydrogens (tertiary/aromatic N) is 2. The molecule has 0 saturated carbocycles. The molecule has 0 radical (unpaired) electrons. The predicted octanol–water partition coefficient (Wildman–Crippen LogP) is 3.27. The van der Waals surface area contributed by atoms with Crippen molar-refractivity contribution in [2.24, 2.45) is 0 Å². The Hall–Kier alpha value is -2.61. The minimum Gasteiger partial charge on any atom is -0.467 e. The summed E-state index contributed by atoms with van der Waals surface area (Å²) < 4.78 is 23.6. The first-order chi connectivity index (χ1) is 11.6. The molecule has 0 aliphatic heterocycles. The van der Waals surface area contributed by atoms with E-state index >= 15 is 0 Å². The first-order valence-corrected chi connectivity index (χ1v) is 8.06. The summed E-state index contributed by atoms with van der Waals surface area (Å²) in [4.78, 5) is 12.1. The van der Waals surface area contributed by atoms with E-state index < -0.39 is 5.25 Å². The first kappa shape index (κ1) is 16.3. The second-order valence-corrected chi connectivity index (χ2v) is 6.23. The lowest BCUT2D eigenvalue weighted by Crippen LogP contribution is -2.30. The van der Waals surface area contributed by atoms with Gasteiger partial charge < -0.3 is 14.2 Å². The zero-order chi connectivity index (χ0) is 16.9. The van der Waals surface area contributed by atoms with Crippen LogP contribution in [0.15, 0.2) is 56.7 Å². The van der Waals surface area contributed by atoms with Crippen LogP contribution in [0, 0.1) is 5.82 Å². The number of hydrogen-bond acceptors (Lipinski definition) is 6. The monoisotopic (exact) mass is 347 g/mol. The van der Waals surface area contributed by atoms with Gasteiger partial charge in [-0.25, -0.2) is 4.39 Å². The van der Waals surface area contributed by atoms with Crippen LogP contribution in [0.25, 0.3) is 11.5 Å². The average Bonchev–Trinajstić information content (AvgIpc) is 3.25. The molecule has 124 valence electrons. The van der Waals surface area contributed by atoms with Crippen LogP contribution in [0.5, 0.6) is 0 Å². The molecule has 0 spiro atoms. The van der Waals surface area contributed by atoms with Gasteiger partial charge in [-0.2, -0.15) is 0 Å². The van der Waals surface area contributed by atoms with Crippen LogP contribution in [-0.4, -0.2) is 21.4 Å². The topological polar surface area (TPSA) is 81.2 Å². The molecule has 8 heteroatoms. The van der Waals surface area contributed by atoms with Crippen LogP contribution in [0.1, 0.15) is 12.7 Å². The van der Waals surface area contributed by atoms with E-state index in [4.69, 9.17) is 8.83 Å². The molecule has 0 aliphatic carbocycles. The third-order valence-corrected chi connectivity index (χ3v) is 4.10. The van der Waals surface area contributed by atoms with Crippen LogP contribution in [0.2, 0.25) is 0 Å². The molecule has 6 nitrogen and oxygen atoms in total. The Morgan fingerprint density at radius 1 is 1.29 bits per heavy atom. The third kappa shape index (κ3) is 4.02. The van der Waals surface area contributed by atoms with E-state index in [0.29, 0.717) is 17.9 Å². The summed E-state index contributed by atoms with van der Waals surface area (Å²) in [6.07, 6.45) is 1.55. The third-order valence-electron chi connectivity index (χ3n) is 3.16. The number of nitrogens with one attached hydrogen (secondary N) is 1. The smallest absolute Gasteiger partial charge is 0.277 e. The first-order valence-electron chi connectivity index (χ1n) is 7.18. The molecule has 0 saturated heterocycles. The van der Waals surface area contributed by atoms with Gasteiger partial charge in [0.2, 0.25) is 11.8 Å². The van der Waals surface area contributed by atoms with Gasteiger partial charge in [0.1, 0.15) is 11.6 Å². The normalized spacial score (nSPS) is 12.1. The molecule has 1 amide bonds. The van der Waals surface area contributed by atoms with Gasteiger partial charge in [0.15, 0.2) is 0 Å². The van der Waals surface area contributed by atoms with Crippen molar-refractivity contribution in [3.63, 3.8) is 0 Å². The highest BCUT2D eigenvalue weighted by Crippen LogP contribution is 2.26. The van der Waals surface area contributed by atoms with Crippen molar-refractivity contribution in [3.05, 3.63) is 54.2 Å². The van der Waals surface area contributed by atoms with E-state index in [9.17, 15) is 9.18 Å². The average molecular weight is 347 g/mol. The number of carbonyl (C=O) groups is 1. The number of rotatable bonds is 6. The van der Waals surface area contributed by atoms with Crippen molar-refractivity contribution in [2.75, 3.05) is 0 Å². The fourth-order valence-corrected chi connectivity index (χ4v) is 2.61. The molecule has 2 aromatic heterocycles. The van der Waals surface area contributed by atoms with Crippen molar-refractivity contribution in [3.8, 4) is 11.5 Å². The number of carbonyl (C=O) groups excluding carboxylic acids is 1. The van der Waals surface area contributed by atoms with Crippen LogP contribution in [0.4, 0.5) is 4.39 Å². The Labute approximate surface area is 141 Å². The summed E-state index contributed by atoms with van der Waals surface area (Å²) in [5, 5.41) is 10.4. The van der Waals surface area contributed by atoms with Gasteiger partial charge in [-0.1, -0.05) is 11.8 Å². The van der Waals surface area contributed by atoms with E-state index in [0.717, 1.165) is 11.8 Å². The summed E-state index contributed by atoms with van der Waals surface area (Å²) in [5.74, 6) is 0.449. The van der Waals surface area contributed by atoms with E-state index in [1.165, 1.54) is 12.1 Å². The molecule has 1 atom stereocenters. The second-order valence-electron chi connectivity index (χ2n) is 4.94. The molecule has 3 rings (SSSR count). The lowest BCUT2D eigenvalue weighted by Gasteiger charge is -2.08. The molecule has 24 heavy (non-hydrogen) atoms. The Balaban J connectivity index is 1.57. The van der Waals surface area contributed by atoms with Gasteiger partial charge >= 0.3 is 0 Å². The summed E-state index contributed by atoms with van der Waals surface area (Å²) in [6, 6.07) is 9.28. The van der Waals surface area contributed by atoms with Crippen molar-refractivity contribution in [1.82, 2.24) is 15.5 Å². The van der Waals surface area contributed by atoms with Gasteiger partial charge in [0.05, 0.1) is 18.1 Å². The summed E-state index contributed by atoms with van der Waals surface area (Å²) >= 11 is 1.15. The maximum atomic E-state index is 12.9. The highest BCUT2D eigenvalue weighted by atomic mass is 32.2. The maximum Gasteiger partial charge on any atom is 0.277 e. The van der Waals surface area contributed by atoms with Crippen molar-refractivity contribution < 1.29 is 18.0 Å². The van der Waals surface area contributed by atoms with E-state index in [1.807, 2.05) is 0 Å². The number of amides is 1.